The minimum Gasteiger partial charge on any atom is -0.465 e. The molecule has 0 saturated heterocycles. The quantitative estimate of drug-likeness (QED) is 0.0777. The van der Waals surface area contributed by atoms with Crippen LogP contribution in [0.15, 0.2) is 49.1 Å². The zero-order chi connectivity index (χ0) is 40.9. The molecule has 0 N–H and O–H groups in total. The van der Waals surface area contributed by atoms with Crippen molar-refractivity contribution >= 4 is 45.6 Å². The third kappa shape index (κ3) is 16.0. The fourth-order valence-electron chi connectivity index (χ4n) is 5.60. The van der Waals surface area contributed by atoms with Gasteiger partial charge in [-0.2, -0.15) is 0 Å². The second-order valence-electron chi connectivity index (χ2n) is 14.1. The Kier molecular flexibility index (Phi) is 23.5. The number of Topliss-reactive ketones (excluding diaryl/α,β-unsaturated/α-hetero) is 1. The van der Waals surface area contributed by atoms with Crippen molar-refractivity contribution in [3.8, 4) is 11.3 Å². The fraction of sp³-hybridized carbons (Fsp3) is 0.511. The molecular weight excluding hydrogens is 673 g/mol. The summed E-state index contributed by atoms with van der Waals surface area (Å²) in [6.45, 7) is 35.3. The smallest absolute Gasteiger partial charge is 0.337 e. The number of carbonyl (C=O) groups is 2. The highest BCUT2D eigenvalue weighted by Crippen LogP contribution is 2.37. The maximum absolute atomic E-state index is 12.6. The van der Waals surface area contributed by atoms with Gasteiger partial charge in [0, 0.05) is 5.39 Å². The minimum absolute atomic E-state index is 0.0601. The van der Waals surface area contributed by atoms with Crippen molar-refractivity contribution in [2.45, 2.75) is 149 Å². The van der Waals surface area contributed by atoms with E-state index in [0.29, 0.717) is 11.0 Å². The molecule has 4 aromatic rings. The Morgan fingerprint density at radius 1 is 0.906 bits per heavy atom. The van der Waals surface area contributed by atoms with Crippen molar-refractivity contribution in [3.63, 3.8) is 0 Å². The van der Waals surface area contributed by atoms with E-state index >= 15 is 0 Å². The molecule has 0 unspecified atom stereocenters. The van der Waals surface area contributed by atoms with Crippen LogP contribution in [0.2, 0.25) is 0 Å². The predicted octanol–water partition coefficient (Wildman–Crippen LogP) is 14.4. The van der Waals surface area contributed by atoms with Crippen LogP contribution in [-0.4, -0.2) is 28.4 Å². The summed E-state index contributed by atoms with van der Waals surface area (Å²) < 4.78 is 7.10. The molecule has 2 heterocycles. The number of nitrogens with zero attached hydrogens (tertiary/aromatic N) is 2. The van der Waals surface area contributed by atoms with Gasteiger partial charge in [-0.25, -0.2) is 9.78 Å². The van der Waals surface area contributed by atoms with Crippen LogP contribution in [0.25, 0.3) is 33.8 Å². The zero-order valence-electron chi connectivity index (χ0n) is 36.3. The van der Waals surface area contributed by atoms with Crippen LogP contribution in [0.1, 0.15) is 158 Å². The van der Waals surface area contributed by atoms with Crippen LogP contribution >= 0.6 is 11.3 Å². The first kappa shape index (κ1) is 49.2. The fourth-order valence-corrected chi connectivity index (χ4v) is 6.47. The average Bonchev–Trinajstić information content (AvgIpc) is 3.63. The Balaban J connectivity index is 0.00000220. The molecule has 6 heteroatoms. The Labute approximate surface area is 328 Å². The summed E-state index contributed by atoms with van der Waals surface area (Å²) in [5.74, 6) is -0.325. The van der Waals surface area contributed by atoms with Crippen molar-refractivity contribution in [3.05, 3.63) is 86.9 Å². The van der Waals surface area contributed by atoms with Crippen LogP contribution in [0, 0.1) is 26.2 Å². The van der Waals surface area contributed by atoms with Crippen molar-refractivity contribution in [1.82, 2.24) is 9.55 Å². The molecule has 0 atom stereocenters. The van der Waals surface area contributed by atoms with Crippen molar-refractivity contribution < 1.29 is 14.3 Å². The molecule has 0 spiro atoms. The van der Waals surface area contributed by atoms with E-state index in [2.05, 4.69) is 88.0 Å². The van der Waals surface area contributed by atoms with E-state index in [1.807, 2.05) is 73.6 Å². The second kappa shape index (κ2) is 25.3. The van der Waals surface area contributed by atoms with Gasteiger partial charge in [0.15, 0.2) is 0 Å². The molecule has 5 nitrogen and oxygen atoms in total. The molecule has 0 saturated carbocycles. The number of hydrogen-bond donors (Lipinski definition) is 0. The van der Waals surface area contributed by atoms with Crippen LogP contribution < -0.4 is 0 Å². The Morgan fingerprint density at radius 3 is 2.04 bits per heavy atom. The lowest BCUT2D eigenvalue weighted by molar-refractivity contribution is -0.117. The summed E-state index contributed by atoms with van der Waals surface area (Å²) in [4.78, 5) is 30.7. The highest BCUT2D eigenvalue weighted by atomic mass is 32.1. The lowest BCUT2D eigenvalue weighted by atomic mass is 9.96. The van der Waals surface area contributed by atoms with Crippen LogP contribution in [0.5, 0.6) is 0 Å². The topological polar surface area (TPSA) is 61.2 Å². The van der Waals surface area contributed by atoms with Crippen LogP contribution in [0.3, 0.4) is 0 Å². The molecule has 53 heavy (non-hydrogen) atoms. The molecule has 0 aliphatic heterocycles. The number of ether oxygens (including phenoxy) is 1. The SMILES string of the molecule is C=C(/C=C\c1cc(-c2c(CCCCCCC)c3ccc(C(=O)OC)cc3n2CC(C)=O)ccc1C)c1sc(C)nc1C.CC.CC.CC.CC(C)(C)C. The maximum atomic E-state index is 12.6. The number of thiazole rings is 1. The third-order valence-corrected chi connectivity index (χ3v) is 8.86. The number of rotatable bonds is 13. The zero-order valence-corrected chi connectivity index (χ0v) is 37.1. The summed E-state index contributed by atoms with van der Waals surface area (Å²) in [6.07, 6.45) is 11.0. The number of unbranched alkanes of at least 4 members (excludes halogenated alkanes) is 4. The van der Waals surface area contributed by atoms with Gasteiger partial charge < -0.3 is 9.30 Å². The number of esters is 1. The minimum atomic E-state index is -0.385. The standard InChI is InChI=1S/C36H42N2O3S.C5H12.3C2H6/c1-8-9-10-11-12-13-32-31-19-18-30(36(40)41-7)21-33(31)38(22-25(4)39)34(32)29-17-14-23(2)28(20-29)16-15-24(3)35-26(5)37-27(6)42-35;1-5(2,3)4;3*1-2/h14-21H,3,8-13,22H2,1-2,4-7H3;1-4H3;3*1-2H3/b16-15-;;;;. The third-order valence-electron chi connectivity index (χ3n) is 7.71. The number of aryl methyl sites for hydroxylation is 4. The van der Waals surface area contributed by atoms with E-state index in [1.54, 1.807) is 18.3 Å². The van der Waals surface area contributed by atoms with Gasteiger partial charge in [-0.15, -0.1) is 11.3 Å². The van der Waals surface area contributed by atoms with E-state index in [9.17, 15) is 9.59 Å². The Hall–Kier alpha value is -3.77. The highest BCUT2D eigenvalue weighted by Gasteiger charge is 2.21. The van der Waals surface area contributed by atoms with Crippen LogP contribution in [-0.2, 0) is 22.5 Å². The first-order valence-corrected chi connectivity index (χ1v) is 20.6. The molecule has 2 aromatic carbocycles. The molecule has 2 aromatic heterocycles. The second-order valence-corrected chi connectivity index (χ2v) is 15.3. The molecular formula is C47H72N2O3S. The first-order valence-electron chi connectivity index (χ1n) is 19.8. The van der Waals surface area contributed by atoms with E-state index in [1.165, 1.54) is 31.9 Å². The molecule has 0 radical (unpaired) electrons. The van der Waals surface area contributed by atoms with E-state index in [0.717, 1.165) is 73.7 Å². The number of fused-ring (bicyclic) bond motifs is 1. The number of aromatic nitrogens is 2. The summed E-state index contributed by atoms with van der Waals surface area (Å²) in [7, 11) is 1.39. The summed E-state index contributed by atoms with van der Waals surface area (Å²) in [6, 6.07) is 12.2. The van der Waals surface area contributed by atoms with Gasteiger partial charge in [-0.1, -0.05) is 139 Å². The summed E-state index contributed by atoms with van der Waals surface area (Å²) in [5, 5.41) is 2.11. The predicted molar refractivity (Wildman–Crippen MR) is 235 cm³/mol. The van der Waals surface area contributed by atoms with Crippen molar-refractivity contribution in [1.29, 1.82) is 0 Å². The van der Waals surface area contributed by atoms with Gasteiger partial charge in [-0.05, 0) is 92.0 Å². The van der Waals surface area contributed by atoms with Gasteiger partial charge in [0.1, 0.15) is 5.78 Å². The number of carbonyl (C=O) groups excluding carboxylic acids is 2. The molecule has 0 aliphatic rings. The maximum Gasteiger partial charge on any atom is 0.337 e. The molecule has 0 bridgehead atoms. The van der Waals surface area contributed by atoms with Gasteiger partial charge in [0.25, 0.3) is 0 Å². The first-order chi connectivity index (χ1) is 25.1. The average molecular weight is 745 g/mol. The van der Waals surface area contributed by atoms with E-state index < -0.39 is 0 Å². The van der Waals surface area contributed by atoms with E-state index in [4.69, 9.17) is 4.74 Å². The summed E-state index contributed by atoms with van der Waals surface area (Å²) in [5.41, 5.74) is 9.37. The molecule has 0 fully saturated rings. The largest absolute Gasteiger partial charge is 0.465 e. The van der Waals surface area contributed by atoms with Crippen LogP contribution in [0.4, 0.5) is 0 Å². The summed E-state index contributed by atoms with van der Waals surface area (Å²) >= 11 is 1.66. The number of benzene rings is 2. The molecule has 4 rings (SSSR count). The Bertz CT molecular complexity index is 1740. The molecule has 0 aliphatic carbocycles. The van der Waals surface area contributed by atoms with Crippen molar-refractivity contribution in [2.24, 2.45) is 5.41 Å². The van der Waals surface area contributed by atoms with Gasteiger partial charge in [-0.3, -0.25) is 4.79 Å². The molecule has 294 valence electrons. The number of hydrogen-bond acceptors (Lipinski definition) is 5. The normalized spacial score (nSPS) is 10.6. The lowest BCUT2D eigenvalue weighted by Crippen LogP contribution is -2.09. The molecule has 0 amide bonds. The number of allylic oxidation sites excluding steroid dienone is 2. The van der Waals surface area contributed by atoms with Gasteiger partial charge in [0.2, 0.25) is 0 Å². The van der Waals surface area contributed by atoms with Crippen molar-refractivity contribution in [2.75, 3.05) is 7.11 Å². The van der Waals surface area contributed by atoms with Gasteiger partial charge >= 0.3 is 5.97 Å². The lowest BCUT2D eigenvalue weighted by Gasteiger charge is -2.14. The van der Waals surface area contributed by atoms with Gasteiger partial charge in [0.05, 0.1) is 46.0 Å². The number of methoxy groups -OCH3 is 1. The van der Waals surface area contributed by atoms with E-state index in [-0.39, 0.29) is 18.3 Å². The number of ketones is 1. The Morgan fingerprint density at radius 2 is 1.51 bits per heavy atom. The monoisotopic (exact) mass is 745 g/mol. The highest BCUT2D eigenvalue weighted by molar-refractivity contribution is 7.12.